The third-order valence-corrected chi connectivity index (χ3v) is 3.85. The van der Waals surface area contributed by atoms with Gasteiger partial charge in [0.1, 0.15) is 10.6 Å². The molecule has 10 heteroatoms. The molecule has 0 saturated heterocycles. The van der Waals surface area contributed by atoms with E-state index in [1.807, 2.05) is 0 Å². The van der Waals surface area contributed by atoms with Gasteiger partial charge in [-0.15, -0.1) is 24.5 Å². The van der Waals surface area contributed by atoms with Gasteiger partial charge in [-0.2, -0.15) is 0 Å². The van der Waals surface area contributed by atoms with Crippen LogP contribution in [-0.4, -0.2) is 29.8 Å². The van der Waals surface area contributed by atoms with Gasteiger partial charge in [-0.25, -0.2) is 9.78 Å². The maximum atomic E-state index is 12.1. The zero-order chi connectivity index (χ0) is 18.6. The van der Waals surface area contributed by atoms with Crippen LogP contribution in [0.15, 0.2) is 24.3 Å². The predicted octanol–water partition coefficient (Wildman–Crippen LogP) is 3.45. The number of nitrogens with zero attached hydrogens (tertiary/aromatic N) is 1. The van der Waals surface area contributed by atoms with E-state index in [1.165, 1.54) is 12.1 Å². The number of amides is 1. The number of halogens is 3. The predicted molar refractivity (Wildman–Crippen MR) is 83.6 cm³/mol. The maximum Gasteiger partial charge on any atom is 0.573 e. The third-order valence-electron chi connectivity index (χ3n) is 2.79. The number of benzene rings is 1. The van der Waals surface area contributed by atoms with Gasteiger partial charge < -0.3 is 14.8 Å². The van der Waals surface area contributed by atoms with Crippen molar-refractivity contribution < 1.29 is 32.2 Å². The Labute approximate surface area is 144 Å². The summed E-state index contributed by atoms with van der Waals surface area (Å²) in [5.41, 5.74) is 0.758. The number of carbonyl (C=O) groups excluding carboxylic acids is 2. The van der Waals surface area contributed by atoms with E-state index in [4.69, 9.17) is 4.74 Å². The van der Waals surface area contributed by atoms with Gasteiger partial charge in [0.15, 0.2) is 6.61 Å². The number of anilines is 1. The van der Waals surface area contributed by atoms with Crippen molar-refractivity contribution >= 4 is 28.9 Å². The van der Waals surface area contributed by atoms with Crippen molar-refractivity contribution in [3.05, 3.63) is 39.8 Å². The molecule has 0 saturated carbocycles. The lowest BCUT2D eigenvalue weighted by Gasteiger charge is -2.10. The van der Waals surface area contributed by atoms with Gasteiger partial charge in [-0.3, -0.25) is 4.79 Å². The van der Waals surface area contributed by atoms with Crippen molar-refractivity contribution in [2.45, 2.75) is 20.2 Å². The van der Waals surface area contributed by atoms with Crippen LogP contribution < -0.4 is 10.1 Å². The quantitative estimate of drug-likeness (QED) is 0.811. The molecule has 1 aromatic carbocycles. The Hall–Kier alpha value is -2.62. The van der Waals surface area contributed by atoms with Crippen LogP contribution in [0.25, 0.3) is 0 Å². The Morgan fingerprint density at radius 2 is 1.84 bits per heavy atom. The van der Waals surface area contributed by atoms with E-state index in [0.717, 1.165) is 23.5 Å². The largest absolute Gasteiger partial charge is 0.573 e. The lowest BCUT2D eigenvalue weighted by Crippen LogP contribution is -2.21. The van der Waals surface area contributed by atoms with Gasteiger partial charge in [0.2, 0.25) is 0 Å². The van der Waals surface area contributed by atoms with Crippen molar-refractivity contribution in [1.82, 2.24) is 4.98 Å². The number of alkyl halides is 3. The molecule has 0 bridgehead atoms. The van der Waals surface area contributed by atoms with Crippen LogP contribution >= 0.6 is 11.3 Å². The molecule has 134 valence electrons. The molecular formula is C15H13F3N2O4S. The second-order valence-electron chi connectivity index (χ2n) is 4.84. The first-order valence-electron chi connectivity index (χ1n) is 6.91. The molecule has 0 spiro atoms. The minimum absolute atomic E-state index is 0.236. The highest BCUT2D eigenvalue weighted by molar-refractivity contribution is 7.13. The number of hydrogen-bond acceptors (Lipinski definition) is 6. The van der Waals surface area contributed by atoms with E-state index in [-0.39, 0.29) is 5.69 Å². The highest BCUT2D eigenvalue weighted by Gasteiger charge is 2.31. The van der Waals surface area contributed by atoms with Crippen LogP contribution in [0, 0.1) is 13.8 Å². The summed E-state index contributed by atoms with van der Waals surface area (Å²) < 4.78 is 44.8. The molecule has 1 N–H and O–H groups in total. The molecule has 0 radical (unpaired) electrons. The van der Waals surface area contributed by atoms with Crippen LogP contribution in [0.5, 0.6) is 5.75 Å². The molecule has 6 nitrogen and oxygen atoms in total. The van der Waals surface area contributed by atoms with Crippen molar-refractivity contribution in [2.75, 3.05) is 11.9 Å². The molecule has 0 aliphatic heterocycles. The number of thiazole rings is 1. The summed E-state index contributed by atoms with van der Waals surface area (Å²) in [6, 6.07) is 4.58. The van der Waals surface area contributed by atoms with Gasteiger partial charge in [-0.1, -0.05) is 0 Å². The van der Waals surface area contributed by atoms with Crippen LogP contribution in [0.4, 0.5) is 18.9 Å². The summed E-state index contributed by atoms with van der Waals surface area (Å²) in [5, 5.41) is 3.10. The molecule has 2 aromatic rings. The van der Waals surface area contributed by atoms with E-state index in [1.54, 1.807) is 13.8 Å². The average molecular weight is 374 g/mol. The number of esters is 1. The fourth-order valence-electron chi connectivity index (χ4n) is 1.85. The summed E-state index contributed by atoms with van der Waals surface area (Å²) in [5.74, 6) is -1.70. The first-order chi connectivity index (χ1) is 11.6. The number of ether oxygens (including phenoxy) is 2. The minimum atomic E-state index is -4.79. The second kappa shape index (κ2) is 7.51. The molecule has 0 aliphatic carbocycles. The summed E-state index contributed by atoms with van der Waals surface area (Å²) in [7, 11) is 0. The fourth-order valence-corrected chi connectivity index (χ4v) is 2.67. The Morgan fingerprint density at radius 1 is 1.20 bits per heavy atom. The van der Waals surface area contributed by atoms with Gasteiger partial charge in [0.25, 0.3) is 5.91 Å². The normalized spacial score (nSPS) is 11.1. The lowest BCUT2D eigenvalue weighted by molar-refractivity contribution is -0.274. The molecule has 1 amide bonds. The number of hydrogen-bond donors (Lipinski definition) is 1. The molecule has 2 rings (SSSR count). The van der Waals surface area contributed by atoms with Crippen molar-refractivity contribution in [3.8, 4) is 5.75 Å². The fraction of sp³-hybridized carbons (Fsp3) is 0.267. The molecule has 1 aromatic heterocycles. The summed E-state index contributed by atoms with van der Waals surface area (Å²) in [6.07, 6.45) is -4.79. The van der Waals surface area contributed by atoms with E-state index < -0.39 is 30.6 Å². The van der Waals surface area contributed by atoms with Gasteiger partial charge in [0.05, 0.1) is 10.7 Å². The van der Waals surface area contributed by atoms with Gasteiger partial charge >= 0.3 is 12.3 Å². The van der Waals surface area contributed by atoms with Gasteiger partial charge in [-0.05, 0) is 38.1 Å². The number of nitrogens with one attached hydrogen (secondary N) is 1. The van der Waals surface area contributed by atoms with E-state index in [0.29, 0.717) is 15.6 Å². The van der Waals surface area contributed by atoms with Crippen molar-refractivity contribution in [2.24, 2.45) is 0 Å². The summed E-state index contributed by atoms with van der Waals surface area (Å²) >= 11 is 1.16. The van der Waals surface area contributed by atoms with E-state index in [2.05, 4.69) is 15.0 Å². The Morgan fingerprint density at radius 3 is 2.36 bits per heavy atom. The first kappa shape index (κ1) is 18.7. The Kier molecular flexibility index (Phi) is 5.62. The third kappa shape index (κ3) is 5.75. The highest BCUT2D eigenvalue weighted by Crippen LogP contribution is 2.24. The average Bonchev–Trinajstić information content (AvgIpc) is 2.84. The molecule has 0 fully saturated rings. The maximum absolute atomic E-state index is 12.1. The SMILES string of the molecule is Cc1nc(C)c(C(=O)OCC(=O)Nc2ccc(OC(F)(F)F)cc2)s1. The highest BCUT2D eigenvalue weighted by atomic mass is 32.1. The number of carbonyl (C=O) groups is 2. The van der Waals surface area contributed by atoms with Crippen LogP contribution in [0.2, 0.25) is 0 Å². The number of aromatic nitrogens is 1. The lowest BCUT2D eigenvalue weighted by atomic mass is 10.3. The topological polar surface area (TPSA) is 77.5 Å². The van der Waals surface area contributed by atoms with Crippen LogP contribution in [0.1, 0.15) is 20.4 Å². The zero-order valence-electron chi connectivity index (χ0n) is 13.1. The van der Waals surface area contributed by atoms with Crippen LogP contribution in [0.3, 0.4) is 0 Å². The Bertz CT molecular complexity index is 772. The number of aryl methyl sites for hydroxylation is 2. The molecule has 1 heterocycles. The van der Waals surface area contributed by atoms with Gasteiger partial charge in [0, 0.05) is 5.69 Å². The molecule has 25 heavy (non-hydrogen) atoms. The molecule has 0 aliphatic rings. The summed E-state index contributed by atoms with van der Waals surface area (Å²) in [6.45, 7) is 2.87. The first-order valence-corrected chi connectivity index (χ1v) is 7.72. The monoisotopic (exact) mass is 374 g/mol. The minimum Gasteiger partial charge on any atom is -0.451 e. The molecular weight excluding hydrogens is 361 g/mol. The van der Waals surface area contributed by atoms with Crippen molar-refractivity contribution in [3.63, 3.8) is 0 Å². The number of rotatable bonds is 5. The molecule has 0 atom stereocenters. The van der Waals surface area contributed by atoms with E-state index in [9.17, 15) is 22.8 Å². The van der Waals surface area contributed by atoms with Crippen molar-refractivity contribution in [1.29, 1.82) is 0 Å². The zero-order valence-corrected chi connectivity index (χ0v) is 14.0. The smallest absolute Gasteiger partial charge is 0.451 e. The summed E-state index contributed by atoms with van der Waals surface area (Å²) in [4.78, 5) is 28.0. The molecule has 0 unspecified atom stereocenters. The second-order valence-corrected chi connectivity index (χ2v) is 6.05. The Balaban J connectivity index is 1.86. The van der Waals surface area contributed by atoms with Crippen LogP contribution in [-0.2, 0) is 9.53 Å². The standard InChI is InChI=1S/C15H13F3N2O4S/c1-8-13(25-9(2)19-8)14(22)23-7-12(21)20-10-3-5-11(6-4-10)24-15(16,17)18/h3-6H,7H2,1-2H3,(H,20,21). The van der Waals surface area contributed by atoms with E-state index >= 15 is 0 Å².